The van der Waals surface area contributed by atoms with Crippen molar-refractivity contribution in [1.82, 2.24) is 20.4 Å². The molecule has 0 aliphatic carbocycles. The summed E-state index contributed by atoms with van der Waals surface area (Å²) in [7, 11) is 3.80. The van der Waals surface area contributed by atoms with Gasteiger partial charge < -0.3 is 15.5 Å². The summed E-state index contributed by atoms with van der Waals surface area (Å²) >= 11 is 0. The van der Waals surface area contributed by atoms with E-state index in [1.54, 1.807) is 0 Å². The van der Waals surface area contributed by atoms with Crippen molar-refractivity contribution in [2.45, 2.75) is 38.8 Å². The van der Waals surface area contributed by atoms with Crippen LogP contribution in [0.4, 0.5) is 5.69 Å². The smallest absolute Gasteiger partial charge is 0.191 e. The van der Waals surface area contributed by atoms with E-state index in [0.29, 0.717) is 6.04 Å². The topological polar surface area (TPSA) is 57.5 Å². The third-order valence-corrected chi connectivity index (χ3v) is 4.99. The molecule has 0 spiro atoms. The van der Waals surface area contributed by atoms with Crippen molar-refractivity contribution in [2.75, 3.05) is 25.0 Å². The normalized spacial score (nSPS) is 17.4. The second-order valence-electron chi connectivity index (χ2n) is 6.85. The van der Waals surface area contributed by atoms with Gasteiger partial charge in [-0.15, -0.1) is 24.0 Å². The Labute approximate surface area is 179 Å². The molecule has 2 N–H and O–H groups in total. The van der Waals surface area contributed by atoms with Gasteiger partial charge in [-0.05, 0) is 30.4 Å². The molecule has 1 aromatic heterocycles. The molecular formula is C20H31IN6. The lowest BCUT2D eigenvalue weighted by molar-refractivity contribution is 0.468. The van der Waals surface area contributed by atoms with Crippen LogP contribution in [0.5, 0.6) is 0 Å². The molecule has 0 amide bonds. The molecule has 0 saturated carbocycles. The number of halogens is 1. The number of nitrogens with zero attached hydrogens (tertiary/aromatic N) is 4. The molecule has 27 heavy (non-hydrogen) atoms. The van der Waals surface area contributed by atoms with Crippen molar-refractivity contribution < 1.29 is 0 Å². The van der Waals surface area contributed by atoms with Gasteiger partial charge in [-0.2, -0.15) is 5.10 Å². The quantitative estimate of drug-likeness (QED) is 0.391. The van der Waals surface area contributed by atoms with E-state index in [1.807, 2.05) is 25.0 Å². The lowest BCUT2D eigenvalue weighted by Gasteiger charge is -2.34. The van der Waals surface area contributed by atoms with E-state index >= 15 is 0 Å². The number of anilines is 1. The maximum Gasteiger partial charge on any atom is 0.191 e. The number of rotatable bonds is 5. The fourth-order valence-corrected chi connectivity index (χ4v) is 3.54. The van der Waals surface area contributed by atoms with Gasteiger partial charge in [0.25, 0.3) is 0 Å². The summed E-state index contributed by atoms with van der Waals surface area (Å²) < 4.78 is 1.86. The molecule has 1 aromatic carbocycles. The Bertz CT molecular complexity index is 742. The van der Waals surface area contributed by atoms with E-state index in [2.05, 4.69) is 63.0 Å². The molecule has 148 valence electrons. The molecule has 1 aliphatic rings. The lowest BCUT2D eigenvalue weighted by atomic mass is 10.1. The van der Waals surface area contributed by atoms with Gasteiger partial charge in [-0.3, -0.25) is 9.67 Å². The Balaban J connectivity index is 0.00000261. The summed E-state index contributed by atoms with van der Waals surface area (Å²) in [6.45, 7) is 5.04. The second kappa shape index (κ2) is 10.5. The molecule has 0 radical (unpaired) electrons. The predicted molar refractivity (Wildman–Crippen MR) is 123 cm³/mol. The van der Waals surface area contributed by atoms with Gasteiger partial charge in [0.15, 0.2) is 5.96 Å². The maximum atomic E-state index is 4.41. The number of aromatic nitrogens is 2. The molecule has 7 heteroatoms. The van der Waals surface area contributed by atoms with Crippen LogP contribution >= 0.6 is 24.0 Å². The van der Waals surface area contributed by atoms with Crippen LogP contribution in [-0.2, 0) is 20.0 Å². The van der Waals surface area contributed by atoms with Crippen LogP contribution in [0.1, 0.15) is 30.9 Å². The third-order valence-electron chi connectivity index (χ3n) is 4.99. The van der Waals surface area contributed by atoms with Crippen molar-refractivity contribution in [3.8, 4) is 0 Å². The molecular weight excluding hydrogens is 451 g/mol. The van der Waals surface area contributed by atoms with Crippen molar-refractivity contribution in [3.05, 3.63) is 47.8 Å². The highest BCUT2D eigenvalue weighted by molar-refractivity contribution is 14.0. The summed E-state index contributed by atoms with van der Waals surface area (Å²) in [5.41, 5.74) is 3.91. The number of hydrogen-bond acceptors (Lipinski definition) is 3. The molecule has 1 unspecified atom stereocenters. The van der Waals surface area contributed by atoms with Gasteiger partial charge in [0.1, 0.15) is 0 Å². The van der Waals surface area contributed by atoms with Gasteiger partial charge in [-0.1, -0.05) is 31.2 Å². The lowest BCUT2D eigenvalue weighted by Crippen LogP contribution is -2.51. The Morgan fingerprint density at radius 3 is 2.74 bits per heavy atom. The Hall–Kier alpha value is -1.77. The highest BCUT2D eigenvalue weighted by Crippen LogP contribution is 2.19. The van der Waals surface area contributed by atoms with Gasteiger partial charge in [0, 0.05) is 46.0 Å². The number of benzene rings is 1. The average molecular weight is 482 g/mol. The number of nitrogens with one attached hydrogen (secondary N) is 2. The van der Waals surface area contributed by atoms with Crippen LogP contribution in [0, 0.1) is 0 Å². The van der Waals surface area contributed by atoms with Crippen LogP contribution in [0.15, 0.2) is 41.7 Å². The average Bonchev–Trinajstić information content (AvgIpc) is 3.12. The largest absolute Gasteiger partial charge is 0.367 e. The van der Waals surface area contributed by atoms with Gasteiger partial charge >= 0.3 is 0 Å². The number of hydrogen-bond donors (Lipinski definition) is 2. The zero-order valence-electron chi connectivity index (χ0n) is 16.5. The van der Waals surface area contributed by atoms with E-state index in [1.165, 1.54) is 23.2 Å². The van der Waals surface area contributed by atoms with Crippen molar-refractivity contribution >= 4 is 35.6 Å². The maximum absolute atomic E-state index is 4.41. The van der Waals surface area contributed by atoms with Crippen molar-refractivity contribution in [1.29, 1.82) is 0 Å². The summed E-state index contributed by atoms with van der Waals surface area (Å²) in [5, 5.41) is 11.4. The summed E-state index contributed by atoms with van der Waals surface area (Å²) in [6.07, 6.45) is 7.39. The van der Waals surface area contributed by atoms with Gasteiger partial charge in [0.2, 0.25) is 0 Å². The molecule has 0 bridgehead atoms. The van der Waals surface area contributed by atoms with E-state index < -0.39 is 0 Å². The first-order valence-corrected chi connectivity index (χ1v) is 9.47. The zero-order valence-corrected chi connectivity index (χ0v) is 18.8. The van der Waals surface area contributed by atoms with Crippen LogP contribution in [-0.4, -0.2) is 41.9 Å². The van der Waals surface area contributed by atoms with Crippen LogP contribution < -0.4 is 15.5 Å². The SMILES string of the molecule is CCc1ccccc1CNC(=NC)NC1CCCN(c2cnn(C)c2)C1.I. The summed E-state index contributed by atoms with van der Waals surface area (Å²) in [4.78, 5) is 6.81. The van der Waals surface area contributed by atoms with E-state index in [0.717, 1.165) is 38.4 Å². The third kappa shape index (κ3) is 5.85. The minimum absolute atomic E-state index is 0. The van der Waals surface area contributed by atoms with E-state index in [-0.39, 0.29) is 24.0 Å². The van der Waals surface area contributed by atoms with Crippen molar-refractivity contribution in [2.24, 2.45) is 12.0 Å². The first kappa shape index (κ1) is 21.5. The first-order chi connectivity index (χ1) is 12.7. The highest BCUT2D eigenvalue weighted by atomic mass is 127. The second-order valence-corrected chi connectivity index (χ2v) is 6.85. The molecule has 1 saturated heterocycles. The Morgan fingerprint density at radius 1 is 1.30 bits per heavy atom. The number of aryl methyl sites for hydroxylation is 2. The minimum atomic E-state index is 0. The van der Waals surface area contributed by atoms with Crippen LogP contribution in [0.3, 0.4) is 0 Å². The minimum Gasteiger partial charge on any atom is -0.367 e. The van der Waals surface area contributed by atoms with Gasteiger partial charge in [0.05, 0.1) is 11.9 Å². The van der Waals surface area contributed by atoms with Crippen LogP contribution in [0.2, 0.25) is 0 Å². The van der Waals surface area contributed by atoms with Crippen LogP contribution in [0.25, 0.3) is 0 Å². The molecule has 1 fully saturated rings. The fourth-order valence-electron chi connectivity index (χ4n) is 3.54. The van der Waals surface area contributed by atoms with Crippen molar-refractivity contribution in [3.63, 3.8) is 0 Å². The molecule has 3 rings (SSSR count). The molecule has 2 aromatic rings. The Morgan fingerprint density at radius 2 is 2.07 bits per heavy atom. The fraction of sp³-hybridized carbons (Fsp3) is 0.500. The predicted octanol–water partition coefficient (Wildman–Crippen LogP) is 2.93. The molecule has 1 aliphatic heterocycles. The van der Waals surface area contributed by atoms with Gasteiger partial charge in [-0.25, -0.2) is 0 Å². The monoisotopic (exact) mass is 482 g/mol. The Kier molecular flexibility index (Phi) is 8.40. The molecule has 2 heterocycles. The number of guanidine groups is 1. The summed E-state index contributed by atoms with van der Waals surface area (Å²) in [5.74, 6) is 0.869. The molecule has 1 atom stereocenters. The van der Waals surface area contributed by atoms with E-state index in [4.69, 9.17) is 0 Å². The van der Waals surface area contributed by atoms with E-state index in [9.17, 15) is 0 Å². The summed E-state index contributed by atoms with van der Waals surface area (Å²) in [6, 6.07) is 8.96. The highest BCUT2D eigenvalue weighted by Gasteiger charge is 2.21. The first-order valence-electron chi connectivity index (χ1n) is 9.47. The molecule has 6 nitrogen and oxygen atoms in total. The standard InChI is InChI=1S/C20H30N6.HI/c1-4-16-8-5-6-9-17(16)12-22-20(21-2)24-18-10-7-11-26(14-18)19-13-23-25(3)15-19;/h5-6,8-9,13,15,18H,4,7,10-12,14H2,1-3H3,(H2,21,22,24);1H. The zero-order chi connectivity index (χ0) is 18.4. The number of aliphatic imine (C=N–C) groups is 1. The number of piperidine rings is 1.